The van der Waals surface area contributed by atoms with Crippen LogP contribution in [-0.2, 0) is 22.6 Å². The van der Waals surface area contributed by atoms with Gasteiger partial charge in [-0.1, -0.05) is 30.3 Å². The van der Waals surface area contributed by atoms with E-state index < -0.39 is 5.43 Å². The molecular formula is C21H26N2O5. The summed E-state index contributed by atoms with van der Waals surface area (Å²) in [4.78, 5) is 16.6. The fourth-order valence-electron chi connectivity index (χ4n) is 3.67. The Balaban J connectivity index is 1.46. The predicted molar refractivity (Wildman–Crippen MR) is 103 cm³/mol. The quantitative estimate of drug-likeness (QED) is 0.839. The second-order valence-corrected chi connectivity index (χ2v) is 7.24. The first-order valence-corrected chi connectivity index (χ1v) is 9.73. The van der Waals surface area contributed by atoms with Crippen molar-refractivity contribution in [3.8, 4) is 5.75 Å². The highest BCUT2D eigenvalue weighted by atomic mass is 16.5. The van der Waals surface area contributed by atoms with Crippen LogP contribution in [0.3, 0.4) is 0 Å². The predicted octanol–water partition coefficient (Wildman–Crippen LogP) is 1.75. The number of benzene rings is 1. The Bertz CT molecular complexity index is 832. The average Bonchev–Trinajstić information content (AvgIpc) is 2.73. The second kappa shape index (κ2) is 8.87. The van der Waals surface area contributed by atoms with E-state index in [1.165, 1.54) is 6.07 Å². The lowest BCUT2D eigenvalue weighted by Gasteiger charge is -2.33. The third-order valence-corrected chi connectivity index (χ3v) is 5.22. The van der Waals surface area contributed by atoms with E-state index in [-0.39, 0.29) is 11.9 Å². The second-order valence-electron chi connectivity index (χ2n) is 7.24. The van der Waals surface area contributed by atoms with Gasteiger partial charge in [0.1, 0.15) is 5.76 Å². The fourth-order valence-corrected chi connectivity index (χ4v) is 3.67. The number of hydrogen-bond donors (Lipinski definition) is 1. The highest BCUT2D eigenvalue weighted by Gasteiger charge is 2.24. The molecule has 0 aliphatic carbocycles. The molecule has 1 atom stereocenters. The molecule has 0 unspecified atom stereocenters. The van der Waals surface area contributed by atoms with Gasteiger partial charge in [0.25, 0.3) is 0 Å². The average molecular weight is 386 g/mol. The molecule has 2 saturated heterocycles. The van der Waals surface area contributed by atoms with Gasteiger partial charge in [0, 0.05) is 32.2 Å². The lowest BCUT2D eigenvalue weighted by Crippen LogP contribution is -2.38. The SMILES string of the molecule is O=c1cc(CN2CCOCC2)oc(CN2CCO[C@@H](c3ccccc3)C2)c1O. The smallest absolute Gasteiger partial charge is 0.227 e. The molecule has 3 heterocycles. The molecule has 0 spiro atoms. The van der Waals surface area contributed by atoms with E-state index in [4.69, 9.17) is 13.9 Å². The number of rotatable bonds is 5. The van der Waals surface area contributed by atoms with Crippen LogP contribution in [0.5, 0.6) is 5.75 Å². The van der Waals surface area contributed by atoms with Crippen molar-refractivity contribution in [1.29, 1.82) is 0 Å². The van der Waals surface area contributed by atoms with Gasteiger partial charge < -0.3 is 19.0 Å². The van der Waals surface area contributed by atoms with Gasteiger partial charge in [-0.25, -0.2) is 0 Å². The number of aromatic hydroxyl groups is 1. The van der Waals surface area contributed by atoms with Gasteiger partial charge in [0.2, 0.25) is 11.2 Å². The van der Waals surface area contributed by atoms with Crippen molar-refractivity contribution in [2.24, 2.45) is 0 Å². The molecule has 0 bridgehead atoms. The fraction of sp³-hybridized carbons (Fsp3) is 0.476. The number of hydrogen-bond acceptors (Lipinski definition) is 7. The van der Waals surface area contributed by atoms with Crippen LogP contribution in [0.4, 0.5) is 0 Å². The van der Waals surface area contributed by atoms with E-state index in [0.29, 0.717) is 51.0 Å². The summed E-state index contributed by atoms with van der Waals surface area (Å²) in [6, 6.07) is 11.5. The molecule has 150 valence electrons. The van der Waals surface area contributed by atoms with Crippen LogP contribution in [0.25, 0.3) is 0 Å². The van der Waals surface area contributed by atoms with Crippen molar-refractivity contribution in [1.82, 2.24) is 9.80 Å². The van der Waals surface area contributed by atoms with E-state index in [0.717, 1.165) is 25.2 Å². The normalized spacial score (nSPS) is 21.6. The monoisotopic (exact) mass is 386 g/mol. The minimum atomic E-state index is -0.391. The summed E-state index contributed by atoms with van der Waals surface area (Å²) in [6.07, 6.45) is -0.0275. The molecule has 1 N–H and O–H groups in total. The molecule has 28 heavy (non-hydrogen) atoms. The molecule has 7 nitrogen and oxygen atoms in total. The maximum atomic E-state index is 12.2. The molecule has 2 aromatic rings. The third kappa shape index (κ3) is 4.62. The maximum absolute atomic E-state index is 12.2. The summed E-state index contributed by atoms with van der Waals surface area (Å²) in [5.74, 6) is 0.602. The Morgan fingerprint density at radius 2 is 1.75 bits per heavy atom. The molecule has 0 amide bonds. The van der Waals surface area contributed by atoms with Crippen molar-refractivity contribution in [2.45, 2.75) is 19.2 Å². The van der Waals surface area contributed by atoms with E-state index in [1.54, 1.807) is 0 Å². The molecule has 0 saturated carbocycles. The van der Waals surface area contributed by atoms with Crippen LogP contribution < -0.4 is 5.43 Å². The summed E-state index contributed by atoms with van der Waals surface area (Å²) in [5.41, 5.74) is 0.733. The zero-order valence-electron chi connectivity index (χ0n) is 15.9. The molecule has 2 aliphatic rings. The lowest BCUT2D eigenvalue weighted by atomic mass is 10.1. The summed E-state index contributed by atoms with van der Waals surface area (Å²) >= 11 is 0. The highest BCUT2D eigenvalue weighted by Crippen LogP contribution is 2.25. The van der Waals surface area contributed by atoms with E-state index in [2.05, 4.69) is 21.9 Å². The lowest BCUT2D eigenvalue weighted by molar-refractivity contribution is -0.0353. The van der Waals surface area contributed by atoms with Gasteiger partial charge in [-0.3, -0.25) is 14.6 Å². The Kier molecular flexibility index (Phi) is 6.07. The van der Waals surface area contributed by atoms with Gasteiger partial charge in [-0.2, -0.15) is 0 Å². The van der Waals surface area contributed by atoms with Crippen LogP contribution in [0, 0.1) is 0 Å². The molecular weight excluding hydrogens is 360 g/mol. The molecule has 2 aliphatic heterocycles. The van der Waals surface area contributed by atoms with Gasteiger partial charge in [-0.15, -0.1) is 0 Å². The Hall–Kier alpha value is -2.19. The molecule has 1 aromatic heterocycles. The van der Waals surface area contributed by atoms with E-state index >= 15 is 0 Å². The molecule has 1 aromatic carbocycles. The van der Waals surface area contributed by atoms with Crippen LogP contribution in [0.1, 0.15) is 23.2 Å². The largest absolute Gasteiger partial charge is 0.502 e. The van der Waals surface area contributed by atoms with Crippen LogP contribution in [0.2, 0.25) is 0 Å². The Morgan fingerprint density at radius 3 is 2.54 bits per heavy atom. The van der Waals surface area contributed by atoms with Gasteiger partial charge in [0.05, 0.1) is 39.0 Å². The third-order valence-electron chi connectivity index (χ3n) is 5.22. The zero-order chi connectivity index (χ0) is 19.3. The summed E-state index contributed by atoms with van der Waals surface area (Å²) < 4.78 is 17.2. The molecule has 2 fully saturated rings. The first kappa shape index (κ1) is 19.1. The van der Waals surface area contributed by atoms with Crippen molar-refractivity contribution in [3.05, 3.63) is 63.7 Å². The minimum Gasteiger partial charge on any atom is -0.502 e. The minimum absolute atomic E-state index is 0.0275. The Morgan fingerprint density at radius 1 is 1.00 bits per heavy atom. The van der Waals surface area contributed by atoms with E-state index in [1.807, 2.05) is 18.2 Å². The van der Waals surface area contributed by atoms with Crippen molar-refractivity contribution in [3.63, 3.8) is 0 Å². The molecule has 4 rings (SSSR count). The summed E-state index contributed by atoms with van der Waals surface area (Å²) in [6.45, 7) is 5.91. The summed E-state index contributed by atoms with van der Waals surface area (Å²) in [7, 11) is 0. The Labute approximate surface area is 164 Å². The van der Waals surface area contributed by atoms with Crippen LogP contribution >= 0.6 is 0 Å². The van der Waals surface area contributed by atoms with Gasteiger partial charge in [-0.05, 0) is 5.56 Å². The molecule has 7 heteroatoms. The van der Waals surface area contributed by atoms with Crippen molar-refractivity contribution in [2.75, 3.05) is 46.0 Å². The first-order valence-electron chi connectivity index (χ1n) is 9.73. The van der Waals surface area contributed by atoms with Crippen molar-refractivity contribution >= 4 is 0 Å². The standard InChI is InChI=1S/C21H26N2O5/c24-18-12-17(13-22-6-9-26-10-7-22)28-20(21(18)25)15-23-8-11-27-19(14-23)16-4-2-1-3-5-16/h1-5,12,19,25H,6-11,13-15H2/t19-/m1/s1. The zero-order valence-corrected chi connectivity index (χ0v) is 15.9. The molecule has 0 radical (unpaired) electrons. The maximum Gasteiger partial charge on any atom is 0.227 e. The van der Waals surface area contributed by atoms with Gasteiger partial charge >= 0.3 is 0 Å². The van der Waals surface area contributed by atoms with E-state index in [9.17, 15) is 9.90 Å². The topological polar surface area (TPSA) is 75.4 Å². The first-order chi connectivity index (χ1) is 13.7. The number of morpholine rings is 2. The summed E-state index contributed by atoms with van der Waals surface area (Å²) in [5, 5.41) is 10.2. The highest BCUT2D eigenvalue weighted by molar-refractivity contribution is 5.25. The van der Waals surface area contributed by atoms with Crippen molar-refractivity contribution < 1.29 is 19.0 Å². The van der Waals surface area contributed by atoms with Crippen LogP contribution in [0.15, 0.2) is 45.6 Å². The number of ether oxygens (including phenoxy) is 2. The number of nitrogens with zero attached hydrogens (tertiary/aromatic N) is 2. The van der Waals surface area contributed by atoms with Crippen LogP contribution in [-0.4, -0.2) is 60.9 Å². The van der Waals surface area contributed by atoms with Gasteiger partial charge in [0.15, 0.2) is 5.76 Å².